The van der Waals surface area contributed by atoms with Crippen LogP contribution in [0.15, 0.2) is 48.7 Å². The fourth-order valence-electron chi connectivity index (χ4n) is 4.06. The van der Waals surface area contributed by atoms with Gasteiger partial charge in [-0.25, -0.2) is 4.98 Å². The molecule has 2 aliphatic rings. The Bertz CT molecular complexity index is 766. The van der Waals surface area contributed by atoms with Gasteiger partial charge >= 0.3 is 0 Å². The number of piperazine rings is 1. The molecule has 154 valence electrons. The van der Waals surface area contributed by atoms with Gasteiger partial charge in [0.15, 0.2) is 0 Å². The van der Waals surface area contributed by atoms with Gasteiger partial charge in [0.25, 0.3) is 0 Å². The van der Waals surface area contributed by atoms with Crippen molar-refractivity contribution in [3.8, 4) is 0 Å². The number of anilines is 1. The van der Waals surface area contributed by atoms with E-state index in [-0.39, 0.29) is 5.91 Å². The van der Waals surface area contributed by atoms with Gasteiger partial charge in [-0.15, -0.1) is 0 Å². The Hall–Kier alpha value is -2.44. The fourth-order valence-corrected chi connectivity index (χ4v) is 4.06. The van der Waals surface area contributed by atoms with Crippen molar-refractivity contribution in [2.45, 2.75) is 25.9 Å². The molecule has 4 rings (SSSR count). The number of amides is 1. The maximum absolute atomic E-state index is 12.3. The molecule has 2 aromatic rings. The Labute approximate surface area is 173 Å². The Morgan fingerprint density at radius 3 is 2.28 bits per heavy atom. The minimum absolute atomic E-state index is 0.0881. The normalized spacial score (nSPS) is 18.1. The molecule has 0 aliphatic carbocycles. The lowest BCUT2D eigenvalue weighted by Crippen LogP contribution is -2.49. The number of nitrogens with zero attached hydrogens (tertiary/aromatic N) is 4. The van der Waals surface area contributed by atoms with Crippen LogP contribution >= 0.6 is 0 Å². The maximum Gasteiger partial charge on any atom is 0.234 e. The predicted octanol–water partition coefficient (Wildman–Crippen LogP) is 2.12. The Balaban J connectivity index is 1.16. The average molecular weight is 394 g/mol. The summed E-state index contributed by atoms with van der Waals surface area (Å²) in [6.07, 6.45) is 4.39. The lowest BCUT2D eigenvalue weighted by Gasteiger charge is -2.34. The summed E-state index contributed by atoms with van der Waals surface area (Å²) in [7, 11) is 0. The van der Waals surface area contributed by atoms with Gasteiger partial charge < -0.3 is 10.2 Å². The summed E-state index contributed by atoms with van der Waals surface area (Å²) < 4.78 is 0. The highest BCUT2D eigenvalue weighted by Crippen LogP contribution is 2.17. The van der Waals surface area contributed by atoms with Crippen molar-refractivity contribution in [3.05, 3.63) is 59.8 Å². The summed E-state index contributed by atoms with van der Waals surface area (Å²) in [5.74, 6) is 1.14. The van der Waals surface area contributed by atoms with Crippen LogP contribution in [0.2, 0.25) is 0 Å². The van der Waals surface area contributed by atoms with Crippen LogP contribution in [0.5, 0.6) is 0 Å². The summed E-state index contributed by atoms with van der Waals surface area (Å²) in [6.45, 7) is 8.08. The van der Waals surface area contributed by atoms with Crippen LogP contribution in [-0.4, -0.2) is 66.5 Å². The first-order valence-corrected chi connectivity index (χ1v) is 10.7. The molecule has 0 unspecified atom stereocenters. The molecule has 1 amide bonds. The lowest BCUT2D eigenvalue weighted by molar-refractivity contribution is -0.122. The van der Waals surface area contributed by atoms with E-state index in [9.17, 15) is 4.79 Å². The zero-order valence-corrected chi connectivity index (χ0v) is 17.1. The largest absolute Gasteiger partial charge is 0.357 e. The smallest absolute Gasteiger partial charge is 0.234 e. The summed E-state index contributed by atoms with van der Waals surface area (Å²) in [6, 6.07) is 14.7. The minimum Gasteiger partial charge on any atom is -0.357 e. The number of aromatic nitrogens is 1. The third kappa shape index (κ3) is 5.78. The molecular weight excluding hydrogens is 362 g/mol. The van der Waals surface area contributed by atoms with Gasteiger partial charge in [0.2, 0.25) is 5.91 Å². The van der Waals surface area contributed by atoms with Crippen LogP contribution in [0, 0.1) is 0 Å². The van der Waals surface area contributed by atoms with Crippen molar-refractivity contribution in [3.63, 3.8) is 0 Å². The molecule has 1 aromatic heterocycles. The number of carbonyl (C=O) groups is 1. The molecule has 0 saturated carbocycles. The first kappa shape index (κ1) is 19.9. The molecule has 1 aromatic carbocycles. The first-order chi connectivity index (χ1) is 14.3. The van der Waals surface area contributed by atoms with E-state index in [4.69, 9.17) is 0 Å². The lowest BCUT2D eigenvalue weighted by atomic mass is 10.2. The van der Waals surface area contributed by atoms with Crippen molar-refractivity contribution >= 4 is 11.7 Å². The molecule has 2 fully saturated rings. The predicted molar refractivity (Wildman–Crippen MR) is 116 cm³/mol. The third-order valence-electron chi connectivity index (χ3n) is 5.81. The van der Waals surface area contributed by atoms with E-state index in [1.165, 1.54) is 18.4 Å². The van der Waals surface area contributed by atoms with Crippen molar-refractivity contribution in [1.82, 2.24) is 20.1 Å². The quantitative estimate of drug-likeness (QED) is 0.781. The number of hydrogen-bond donors (Lipinski definition) is 1. The van der Waals surface area contributed by atoms with E-state index < -0.39 is 0 Å². The fraction of sp³-hybridized carbons (Fsp3) is 0.478. The summed E-state index contributed by atoms with van der Waals surface area (Å²) in [4.78, 5) is 23.9. The molecule has 29 heavy (non-hydrogen) atoms. The van der Waals surface area contributed by atoms with Crippen molar-refractivity contribution < 1.29 is 4.79 Å². The molecule has 6 nitrogen and oxygen atoms in total. The Morgan fingerprint density at radius 2 is 1.59 bits per heavy atom. The Morgan fingerprint density at radius 1 is 0.862 bits per heavy atom. The average Bonchev–Trinajstić information content (AvgIpc) is 3.30. The number of benzene rings is 1. The molecule has 3 heterocycles. The van der Waals surface area contributed by atoms with Crippen LogP contribution in [0.25, 0.3) is 0 Å². The van der Waals surface area contributed by atoms with Crippen molar-refractivity contribution in [1.29, 1.82) is 0 Å². The van der Waals surface area contributed by atoms with Gasteiger partial charge in [-0.05, 0) is 30.0 Å². The summed E-state index contributed by atoms with van der Waals surface area (Å²) in [5, 5.41) is 3.04. The van der Waals surface area contributed by atoms with E-state index in [1.54, 1.807) is 0 Å². The number of hydrogen-bond acceptors (Lipinski definition) is 5. The number of rotatable bonds is 7. The summed E-state index contributed by atoms with van der Waals surface area (Å²) in [5.41, 5.74) is 2.40. The van der Waals surface area contributed by atoms with Gasteiger partial charge in [-0.2, -0.15) is 0 Å². The van der Waals surface area contributed by atoms with E-state index in [0.29, 0.717) is 13.1 Å². The van der Waals surface area contributed by atoms with E-state index in [2.05, 4.69) is 67.5 Å². The highest BCUT2D eigenvalue weighted by Gasteiger charge is 2.19. The monoisotopic (exact) mass is 393 g/mol. The van der Waals surface area contributed by atoms with Gasteiger partial charge in [0, 0.05) is 58.6 Å². The zero-order valence-electron chi connectivity index (χ0n) is 17.1. The van der Waals surface area contributed by atoms with Crippen molar-refractivity contribution in [2.75, 3.05) is 50.7 Å². The molecule has 0 radical (unpaired) electrons. The van der Waals surface area contributed by atoms with Gasteiger partial charge in [0.1, 0.15) is 5.82 Å². The van der Waals surface area contributed by atoms with Crippen molar-refractivity contribution in [2.24, 2.45) is 0 Å². The van der Waals surface area contributed by atoms with Crippen LogP contribution in [0.4, 0.5) is 5.82 Å². The minimum atomic E-state index is 0.0881. The highest BCUT2D eigenvalue weighted by molar-refractivity contribution is 5.78. The molecule has 2 saturated heterocycles. The standard InChI is InChI=1S/C23H31N5O/c29-23(25-17-21-8-9-22(24-16-21)28-10-4-5-11-28)19-27-14-12-26(13-15-27)18-20-6-2-1-3-7-20/h1-3,6-9,16H,4-5,10-15,17-19H2,(H,25,29). The number of carbonyl (C=O) groups excluding carboxylic acids is 1. The van der Waals surface area contributed by atoms with Crippen LogP contribution in [0.1, 0.15) is 24.0 Å². The van der Waals surface area contributed by atoms with Gasteiger partial charge in [0.05, 0.1) is 6.54 Å². The van der Waals surface area contributed by atoms with Crippen LogP contribution < -0.4 is 10.2 Å². The molecular formula is C23H31N5O. The Kier molecular flexibility index (Phi) is 6.75. The second-order valence-electron chi connectivity index (χ2n) is 8.03. The van der Waals surface area contributed by atoms with E-state index in [0.717, 1.165) is 57.2 Å². The van der Waals surface area contributed by atoms with Crippen LogP contribution in [0.3, 0.4) is 0 Å². The SMILES string of the molecule is O=C(CN1CCN(Cc2ccccc2)CC1)NCc1ccc(N2CCCC2)nc1. The van der Waals surface area contributed by atoms with Gasteiger partial charge in [-0.1, -0.05) is 36.4 Å². The maximum atomic E-state index is 12.3. The highest BCUT2D eigenvalue weighted by atomic mass is 16.2. The van der Waals surface area contributed by atoms with E-state index in [1.807, 2.05) is 6.20 Å². The molecule has 0 spiro atoms. The zero-order chi connectivity index (χ0) is 19.9. The van der Waals surface area contributed by atoms with E-state index >= 15 is 0 Å². The second kappa shape index (κ2) is 9.85. The molecule has 2 aliphatic heterocycles. The number of pyridine rings is 1. The summed E-state index contributed by atoms with van der Waals surface area (Å²) >= 11 is 0. The molecule has 0 bridgehead atoms. The second-order valence-corrected chi connectivity index (χ2v) is 8.03. The molecule has 0 atom stereocenters. The van der Waals surface area contributed by atoms with Gasteiger partial charge in [-0.3, -0.25) is 14.6 Å². The molecule has 6 heteroatoms. The first-order valence-electron chi connectivity index (χ1n) is 10.7. The third-order valence-corrected chi connectivity index (χ3v) is 5.81. The molecule has 1 N–H and O–H groups in total. The topological polar surface area (TPSA) is 51.7 Å². The van der Waals surface area contributed by atoms with Crippen LogP contribution in [-0.2, 0) is 17.9 Å². The number of nitrogens with one attached hydrogen (secondary N) is 1.